The van der Waals surface area contributed by atoms with Gasteiger partial charge in [-0.25, -0.2) is 0 Å². The van der Waals surface area contributed by atoms with Gasteiger partial charge in [0.05, 0.1) is 5.25 Å². The van der Waals surface area contributed by atoms with Crippen molar-refractivity contribution in [3.8, 4) is 0 Å². The Labute approximate surface area is 106 Å². The van der Waals surface area contributed by atoms with Gasteiger partial charge in [-0.05, 0) is 29.3 Å². The molecule has 4 heteroatoms. The minimum atomic E-state index is -0.166. The van der Waals surface area contributed by atoms with Crippen LogP contribution in [0.5, 0.6) is 0 Å². The molecule has 1 aromatic rings. The van der Waals surface area contributed by atoms with E-state index in [4.69, 9.17) is 0 Å². The molecule has 0 N–H and O–H groups in total. The van der Waals surface area contributed by atoms with Crippen LogP contribution in [0.3, 0.4) is 0 Å². The first-order valence-corrected chi connectivity index (χ1v) is 7.01. The van der Waals surface area contributed by atoms with E-state index in [0.717, 1.165) is 19.5 Å². The van der Waals surface area contributed by atoms with E-state index < -0.39 is 0 Å². The van der Waals surface area contributed by atoms with Crippen molar-refractivity contribution < 1.29 is 4.79 Å². The van der Waals surface area contributed by atoms with Crippen molar-refractivity contribution in [2.24, 2.45) is 5.92 Å². The topological polar surface area (TPSA) is 20.3 Å². The molecule has 2 nitrogen and oxygen atoms in total. The van der Waals surface area contributed by atoms with Crippen molar-refractivity contribution in [1.29, 1.82) is 0 Å². The third kappa shape index (κ3) is 2.28. The molecule has 16 heavy (non-hydrogen) atoms. The molecule has 1 amide bonds. The van der Waals surface area contributed by atoms with Gasteiger partial charge in [0, 0.05) is 18.0 Å². The fraction of sp³-hybridized carbons (Fsp3) is 0.583. The highest BCUT2D eigenvalue weighted by molar-refractivity contribution is 7.81. The smallest absolute Gasteiger partial charge is 0.235 e. The van der Waals surface area contributed by atoms with Gasteiger partial charge in [-0.1, -0.05) is 13.8 Å². The summed E-state index contributed by atoms with van der Waals surface area (Å²) in [7, 11) is 0. The van der Waals surface area contributed by atoms with Crippen molar-refractivity contribution in [3.63, 3.8) is 0 Å². The van der Waals surface area contributed by atoms with E-state index in [1.54, 1.807) is 11.3 Å². The van der Waals surface area contributed by atoms with Crippen LogP contribution in [0, 0.1) is 5.92 Å². The van der Waals surface area contributed by atoms with Gasteiger partial charge in [-0.3, -0.25) is 4.79 Å². The second kappa shape index (κ2) is 4.80. The molecule has 0 radical (unpaired) electrons. The largest absolute Gasteiger partial charge is 0.337 e. The number of carbonyl (C=O) groups excluding carboxylic acids is 1. The number of nitrogens with zero attached hydrogens (tertiary/aromatic N) is 1. The number of rotatable bonds is 2. The summed E-state index contributed by atoms with van der Waals surface area (Å²) >= 11 is 6.19. The summed E-state index contributed by atoms with van der Waals surface area (Å²) in [4.78, 5) is 15.5. The van der Waals surface area contributed by atoms with Gasteiger partial charge in [0.25, 0.3) is 0 Å². The van der Waals surface area contributed by atoms with Crippen LogP contribution >= 0.6 is 24.0 Å². The van der Waals surface area contributed by atoms with Gasteiger partial charge < -0.3 is 4.90 Å². The quantitative estimate of drug-likeness (QED) is 0.805. The van der Waals surface area contributed by atoms with Gasteiger partial charge in [0.15, 0.2) is 0 Å². The van der Waals surface area contributed by atoms with E-state index in [1.807, 2.05) is 18.7 Å². The van der Waals surface area contributed by atoms with E-state index in [9.17, 15) is 4.79 Å². The van der Waals surface area contributed by atoms with Gasteiger partial charge in [-0.2, -0.15) is 12.6 Å². The Bertz CT molecular complexity index is 386. The first-order valence-electron chi connectivity index (χ1n) is 5.61. The number of thiophene rings is 1. The van der Waals surface area contributed by atoms with E-state index >= 15 is 0 Å². The minimum absolute atomic E-state index is 0.166. The Kier molecular flexibility index (Phi) is 3.60. The number of hydrogen-bond acceptors (Lipinski definition) is 3. The zero-order valence-corrected chi connectivity index (χ0v) is 11.4. The summed E-state index contributed by atoms with van der Waals surface area (Å²) in [5.41, 5.74) is 1.31. The highest BCUT2D eigenvalue weighted by atomic mass is 32.1. The first kappa shape index (κ1) is 12.0. The van der Waals surface area contributed by atoms with E-state index in [1.165, 1.54) is 10.4 Å². The third-order valence-corrected chi connectivity index (χ3v) is 4.84. The Hall–Kier alpha value is -0.480. The summed E-state index contributed by atoms with van der Waals surface area (Å²) in [5.74, 6) is 0.467. The van der Waals surface area contributed by atoms with Gasteiger partial charge in [0.1, 0.15) is 0 Å². The summed E-state index contributed by atoms with van der Waals surface area (Å²) < 4.78 is 0. The maximum atomic E-state index is 12.1. The summed E-state index contributed by atoms with van der Waals surface area (Å²) in [6, 6.07) is 2.13. The number of hydrogen-bond donors (Lipinski definition) is 1. The molecule has 0 saturated heterocycles. The van der Waals surface area contributed by atoms with Gasteiger partial charge >= 0.3 is 0 Å². The standard InChI is InChI=1S/C12H17NOS2/c1-8(2)11(15)12(14)13-5-3-10-9(7-13)4-6-16-10/h4,6,8,11,15H,3,5,7H2,1-2H3. The summed E-state index contributed by atoms with van der Waals surface area (Å²) in [5, 5.41) is 1.94. The molecule has 1 aliphatic rings. The lowest BCUT2D eigenvalue weighted by atomic mass is 10.1. The molecule has 0 saturated carbocycles. The number of amides is 1. The van der Waals surface area contributed by atoms with E-state index in [0.29, 0.717) is 5.92 Å². The average Bonchev–Trinajstić information content (AvgIpc) is 2.73. The van der Waals surface area contributed by atoms with Gasteiger partial charge in [0.2, 0.25) is 5.91 Å². The van der Waals surface area contributed by atoms with Crippen LogP contribution in [0.15, 0.2) is 11.4 Å². The zero-order chi connectivity index (χ0) is 11.7. The molecule has 2 heterocycles. The maximum Gasteiger partial charge on any atom is 0.235 e. The Morgan fingerprint density at radius 1 is 1.56 bits per heavy atom. The predicted octanol–water partition coefficient (Wildman–Crippen LogP) is 2.59. The maximum absolute atomic E-state index is 12.1. The van der Waals surface area contributed by atoms with Crippen LogP contribution < -0.4 is 0 Å². The lowest BCUT2D eigenvalue weighted by Gasteiger charge is -2.30. The summed E-state index contributed by atoms with van der Waals surface area (Å²) in [6.45, 7) is 5.68. The molecule has 1 unspecified atom stereocenters. The van der Waals surface area contributed by atoms with E-state index in [-0.39, 0.29) is 11.2 Å². The predicted molar refractivity (Wildman–Crippen MR) is 71.1 cm³/mol. The van der Waals surface area contributed by atoms with Crippen molar-refractivity contribution >= 4 is 29.9 Å². The lowest BCUT2D eigenvalue weighted by Crippen LogP contribution is -2.41. The minimum Gasteiger partial charge on any atom is -0.337 e. The van der Waals surface area contributed by atoms with Crippen LogP contribution in [0.1, 0.15) is 24.3 Å². The Balaban J connectivity index is 2.06. The molecule has 0 aromatic carbocycles. The van der Waals surface area contributed by atoms with E-state index in [2.05, 4.69) is 24.1 Å². The highest BCUT2D eigenvalue weighted by Gasteiger charge is 2.27. The second-order valence-electron chi connectivity index (χ2n) is 4.57. The van der Waals surface area contributed by atoms with Crippen LogP contribution in [-0.2, 0) is 17.8 Å². The molecule has 0 fully saturated rings. The third-order valence-electron chi connectivity index (χ3n) is 3.00. The molecule has 1 aromatic heterocycles. The number of carbonyl (C=O) groups is 1. The second-order valence-corrected chi connectivity index (χ2v) is 6.12. The van der Waals surface area contributed by atoms with Crippen molar-refractivity contribution in [2.45, 2.75) is 32.1 Å². The normalized spacial score (nSPS) is 17.4. The van der Waals surface area contributed by atoms with Crippen LogP contribution in [0.25, 0.3) is 0 Å². The first-order chi connectivity index (χ1) is 7.59. The molecule has 1 aliphatic heterocycles. The molecule has 1 atom stereocenters. The molecular weight excluding hydrogens is 238 g/mol. The Morgan fingerprint density at radius 3 is 3.00 bits per heavy atom. The molecule has 88 valence electrons. The highest BCUT2D eigenvalue weighted by Crippen LogP contribution is 2.25. The summed E-state index contributed by atoms with van der Waals surface area (Å²) in [6.07, 6.45) is 0.997. The van der Waals surface area contributed by atoms with Crippen molar-refractivity contribution in [3.05, 3.63) is 21.9 Å². The average molecular weight is 255 g/mol. The molecular formula is C12H17NOS2. The van der Waals surface area contributed by atoms with Gasteiger partial charge in [-0.15, -0.1) is 11.3 Å². The fourth-order valence-electron chi connectivity index (χ4n) is 1.91. The van der Waals surface area contributed by atoms with Crippen LogP contribution in [0.4, 0.5) is 0 Å². The molecule has 2 rings (SSSR count). The Morgan fingerprint density at radius 2 is 2.31 bits per heavy atom. The number of fused-ring (bicyclic) bond motifs is 1. The fourth-order valence-corrected chi connectivity index (χ4v) is 2.96. The van der Waals surface area contributed by atoms with Crippen LogP contribution in [0.2, 0.25) is 0 Å². The molecule has 0 spiro atoms. The van der Waals surface area contributed by atoms with Crippen molar-refractivity contribution in [2.75, 3.05) is 6.54 Å². The van der Waals surface area contributed by atoms with Crippen LogP contribution in [-0.4, -0.2) is 22.6 Å². The van der Waals surface area contributed by atoms with Crippen molar-refractivity contribution in [1.82, 2.24) is 4.90 Å². The lowest BCUT2D eigenvalue weighted by molar-refractivity contribution is -0.132. The molecule has 0 bridgehead atoms. The molecule has 0 aliphatic carbocycles. The zero-order valence-electron chi connectivity index (χ0n) is 9.64. The SMILES string of the molecule is CC(C)C(S)C(=O)N1CCc2sccc2C1. The number of thiol groups is 1. The monoisotopic (exact) mass is 255 g/mol.